The standard InChI is InChI=1S/C9H8F3N3O2/c10-9(11,12)17-7-3-1-2-6(4-7)5-14-15-8(13)16/h1-5H,(H3,13,15,16). The number of hydrogen-bond acceptors (Lipinski definition) is 3. The van der Waals surface area contributed by atoms with E-state index in [1.165, 1.54) is 12.1 Å². The zero-order valence-corrected chi connectivity index (χ0v) is 8.36. The van der Waals surface area contributed by atoms with Crippen LogP contribution < -0.4 is 15.9 Å². The number of urea groups is 1. The van der Waals surface area contributed by atoms with Crippen molar-refractivity contribution in [1.29, 1.82) is 0 Å². The molecule has 0 bridgehead atoms. The van der Waals surface area contributed by atoms with Crippen molar-refractivity contribution >= 4 is 12.2 Å². The summed E-state index contributed by atoms with van der Waals surface area (Å²) in [5, 5.41) is 3.39. The molecule has 5 nitrogen and oxygen atoms in total. The molecule has 0 aliphatic carbocycles. The van der Waals surface area contributed by atoms with E-state index in [2.05, 4.69) is 9.84 Å². The monoisotopic (exact) mass is 247 g/mol. The fourth-order valence-electron chi connectivity index (χ4n) is 0.962. The molecule has 2 amide bonds. The quantitative estimate of drug-likeness (QED) is 0.628. The Morgan fingerprint density at radius 1 is 1.47 bits per heavy atom. The predicted molar refractivity (Wildman–Crippen MR) is 53.4 cm³/mol. The van der Waals surface area contributed by atoms with Crippen molar-refractivity contribution in [2.24, 2.45) is 10.8 Å². The number of ether oxygens (including phenoxy) is 1. The fraction of sp³-hybridized carbons (Fsp3) is 0.111. The molecule has 92 valence electrons. The number of nitrogens with two attached hydrogens (primary N) is 1. The number of hydrazone groups is 1. The summed E-state index contributed by atoms with van der Waals surface area (Å²) >= 11 is 0. The van der Waals surface area contributed by atoms with Crippen LogP contribution in [0.5, 0.6) is 5.75 Å². The molecule has 0 aromatic heterocycles. The Morgan fingerprint density at radius 3 is 2.76 bits per heavy atom. The Morgan fingerprint density at radius 2 is 2.18 bits per heavy atom. The number of primary amides is 1. The van der Waals surface area contributed by atoms with Gasteiger partial charge < -0.3 is 10.5 Å². The molecule has 3 N–H and O–H groups in total. The van der Waals surface area contributed by atoms with E-state index in [9.17, 15) is 18.0 Å². The predicted octanol–water partition coefficient (Wildman–Crippen LogP) is 1.59. The van der Waals surface area contributed by atoms with Gasteiger partial charge in [-0.1, -0.05) is 12.1 Å². The van der Waals surface area contributed by atoms with Gasteiger partial charge in [0, 0.05) is 0 Å². The van der Waals surface area contributed by atoms with Gasteiger partial charge in [-0.2, -0.15) is 5.10 Å². The number of rotatable bonds is 3. The van der Waals surface area contributed by atoms with Crippen LogP contribution in [-0.2, 0) is 0 Å². The summed E-state index contributed by atoms with van der Waals surface area (Å²) in [6.45, 7) is 0. The highest BCUT2D eigenvalue weighted by Gasteiger charge is 2.30. The molecule has 8 heteroatoms. The van der Waals surface area contributed by atoms with Gasteiger partial charge in [0.1, 0.15) is 5.75 Å². The molecular weight excluding hydrogens is 239 g/mol. The molecule has 0 aliphatic rings. The Hall–Kier alpha value is -2.25. The fourth-order valence-corrected chi connectivity index (χ4v) is 0.962. The van der Waals surface area contributed by atoms with Crippen molar-refractivity contribution in [2.75, 3.05) is 0 Å². The summed E-state index contributed by atoms with van der Waals surface area (Å²) < 4.78 is 39.4. The zero-order valence-electron chi connectivity index (χ0n) is 8.36. The van der Waals surface area contributed by atoms with Crippen LogP contribution in [0.15, 0.2) is 29.4 Å². The van der Waals surface area contributed by atoms with Crippen LogP contribution in [-0.4, -0.2) is 18.6 Å². The molecule has 1 rings (SSSR count). The first-order valence-electron chi connectivity index (χ1n) is 4.31. The lowest BCUT2D eigenvalue weighted by molar-refractivity contribution is -0.274. The third-order valence-electron chi connectivity index (χ3n) is 1.48. The summed E-state index contributed by atoms with van der Waals surface area (Å²) in [6, 6.07) is 4.22. The summed E-state index contributed by atoms with van der Waals surface area (Å²) in [5.74, 6) is -0.375. The summed E-state index contributed by atoms with van der Waals surface area (Å²) in [4.78, 5) is 10.3. The van der Waals surface area contributed by atoms with E-state index in [1.54, 1.807) is 0 Å². The number of halogens is 3. The van der Waals surface area contributed by atoms with Gasteiger partial charge in [0.25, 0.3) is 0 Å². The number of nitrogens with one attached hydrogen (secondary N) is 1. The second kappa shape index (κ2) is 5.19. The minimum Gasteiger partial charge on any atom is -0.406 e. The third kappa shape index (κ3) is 5.40. The van der Waals surface area contributed by atoms with Gasteiger partial charge in [-0.05, 0) is 17.7 Å². The maximum absolute atomic E-state index is 11.9. The first-order chi connectivity index (χ1) is 7.87. The molecule has 0 fully saturated rings. The summed E-state index contributed by atoms with van der Waals surface area (Å²) in [6.07, 6.45) is -3.62. The van der Waals surface area contributed by atoms with Gasteiger partial charge in [-0.25, -0.2) is 10.2 Å². The lowest BCUT2D eigenvalue weighted by atomic mass is 10.2. The molecule has 0 saturated heterocycles. The Balaban J connectivity index is 2.72. The lowest BCUT2D eigenvalue weighted by Gasteiger charge is -2.08. The highest BCUT2D eigenvalue weighted by molar-refractivity contribution is 5.81. The lowest BCUT2D eigenvalue weighted by Crippen LogP contribution is -2.24. The van der Waals surface area contributed by atoms with E-state index in [0.29, 0.717) is 5.56 Å². The molecule has 0 heterocycles. The average Bonchev–Trinajstić information content (AvgIpc) is 2.14. The Labute approximate surface area is 94.1 Å². The Kier molecular flexibility index (Phi) is 3.91. The number of alkyl halides is 3. The van der Waals surface area contributed by atoms with Crippen LogP contribution in [0.2, 0.25) is 0 Å². The molecule has 1 aromatic carbocycles. The van der Waals surface area contributed by atoms with Gasteiger partial charge in [-0.3, -0.25) is 0 Å². The number of benzene rings is 1. The van der Waals surface area contributed by atoms with E-state index in [1.807, 2.05) is 5.43 Å². The van der Waals surface area contributed by atoms with E-state index in [4.69, 9.17) is 5.73 Å². The van der Waals surface area contributed by atoms with Crippen LogP contribution in [0.4, 0.5) is 18.0 Å². The van der Waals surface area contributed by atoms with Gasteiger partial charge in [-0.15, -0.1) is 13.2 Å². The van der Waals surface area contributed by atoms with E-state index >= 15 is 0 Å². The summed E-state index contributed by atoms with van der Waals surface area (Å²) in [5.41, 5.74) is 6.96. The number of hydrogen-bond donors (Lipinski definition) is 2. The second-order valence-electron chi connectivity index (χ2n) is 2.85. The van der Waals surface area contributed by atoms with Gasteiger partial charge in [0.2, 0.25) is 0 Å². The minimum atomic E-state index is -4.75. The molecular formula is C9H8F3N3O2. The number of amides is 2. The third-order valence-corrected chi connectivity index (χ3v) is 1.48. The first kappa shape index (κ1) is 12.8. The summed E-state index contributed by atoms with van der Waals surface area (Å²) in [7, 11) is 0. The number of carbonyl (C=O) groups is 1. The molecule has 0 radical (unpaired) electrons. The molecule has 17 heavy (non-hydrogen) atoms. The van der Waals surface area contributed by atoms with Crippen molar-refractivity contribution in [3.8, 4) is 5.75 Å². The van der Waals surface area contributed by atoms with Crippen molar-refractivity contribution in [1.82, 2.24) is 5.43 Å². The van der Waals surface area contributed by atoms with Crippen LogP contribution in [0, 0.1) is 0 Å². The maximum atomic E-state index is 11.9. The second-order valence-corrected chi connectivity index (χ2v) is 2.85. The zero-order chi connectivity index (χ0) is 12.9. The molecule has 0 unspecified atom stereocenters. The topological polar surface area (TPSA) is 76.7 Å². The molecule has 0 aliphatic heterocycles. The largest absolute Gasteiger partial charge is 0.573 e. The van der Waals surface area contributed by atoms with Crippen molar-refractivity contribution in [2.45, 2.75) is 6.36 Å². The highest BCUT2D eigenvalue weighted by atomic mass is 19.4. The minimum absolute atomic E-state index is 0.320. The smallest absolute Gasteiger partial charge is 0.406 e. The van der Waals surface area contributed by atoms with E-state index < -0.39 is 12.4 Å². The van der Waals surface area contributed by atoms with E-state index in [0.717, 1.165) is 18.3 Å². The van der Waals surface area contributed by atoms with Crippen molar-refractivity contribution in [3.05, 3.63) is 29.8 Å². The molecule has 1 aromatic rings. The normalized spacial score (nSPS) is 11.5. The van der Waals surface area contributed by atoms with Crippen LogP contribution in [0.3, 0.4) is 0 Å². The number of carbonyl (C=O) groups excluding carboxylic acids is 1. The van der Waals surface area contributed by atoms with Crippen LogP contribution in [0.1, 0.15) is 5.56 Å². The van der Waals surface area contributed by atoms with Crippen LogP contribution in [0.25, 0.3) is 0 Å². The van der Waals surface area contributed by atoms with E-state index in [-0.39, 0.29) is 5.75 Å². The van der Waals surface area contributed by atoms with Gasteiger partial charge >= 0.3 is 12.4 Å². The Bertz CT molecular complexity index is 432. The van der Waals surface area contributed by atoms with Gasteiger partial charge in [0.05, 0.1) is 6.21 Å². The van der Waals surface area contributed by atoms with Gasteiger partial charge in [0.15, 0.2) is 0 Å². The molecule has 0 saturated carbocycles. The van der Waals surface area contributed by atoms with Crippen molar-refractivity contribution in [3.63, 3.8) is 0 Å². The molecule has 0 atom stereocenters. The maximum Gasteiger partial charge on any atom is 0.573 e. The SMILES string of the molecule is NC(=O)NN=Cc1cccc(OC(F)(F)F)c1. The highest BCUT2D eigenvalue weighted by Crippen LogP contribution is 2.22. The van der Waals surface area contributed by atoms with Crippen molar-refractivity contribution < 1.29 is 22.7 Å². The molecule has 0 spiro atoms. The number of nitrogens with zero attached hydrogens (tertiary/aromatic N) is 1. The first-order valence-corrected chi connectivity index (χ1v) is 4.31. The average molecular weight is 247 g/mol. The van der Waals surface area contributed by atoms with Crippen LogP contribution >= 0.6 is 0 Å².